The molecule has 0 amide bonds. The van der Waals surface area contributed by atoms with Crippen molar-refractivity contribution >= 4 is 188 Å². The average molecular weight is 1550 g/mol. The number of fused-ring (bicyclic) bond motifs is 4. The molecular formula is C70H51BCl4I2N16O2. The van der Waals surface area contributed by atoms with Gasteiger partial charge in [-0.15, -0.1) is 0 Å². The number of halogens is 6. The van der Waals surface area contributed by atoms with Gasteiger partial charge < -0.3 is 31.7 Å². The topological polar surface area (TPSA) is 257 Å². The minimum absolute atomic E-state index is 0.410. The number of aromatic nitrogens is 12. The van der Waals surface area contributed by atoms with Crippen molar-refractivity contribution in [3.8, 4) is 22.3 Å². The molecule has 18 nitrogen and oxygen atoms in total. The van der Waals surface area contributed by atoms with Gasteiger partial charge >= 0.3 is 7.12 Å². The molecule has 0 bridgehead atoms. The van der Waals surface area contributed by atoms with E-state index < -0.39 is 7.12 Å². The molecule has 7 N–H and O–H groups in total. The zero-order valence-corrected chi connectivity index (χ0v) is 56.9. The molecule has 0 saturated carbocycles. The summed E-state index contributed by atoms with van der Waals surface area (Å²) in [7, 11) is -1.43. The first-order valence-electron chi connectivity index (χ1n) is 28.5. The fraction of sp³-hybridized carbons (Fsp3) is 0. The quantitative estimate of drug-likeness (QED) is 0.0446. The van der Waals surface area contributed by atoms with Crippen LogP contribution in [-0.2, 0) is 0 Å². The Morgan fingerprint density at radius 1 is 0.337 bits per heavy atom. The number of hydrogen-bond acceptors (Lipinski definition) is 18. The van der Waals surface area contributed by atoms with Gasteiger partial charge in [0.05, 0.1) is 22.1 Å². The second kappa shape index (κ2) is 34.5. The van der Waals surface area contributed by atoms with Crippen molar-refractivity contribution in [2.75, 3.05) is 21.7 Å². The highest BCUT2D eigenvalue weighted by Gasteiger charge is 2.12. The van der Waals surface area contributed by atoms with Crippen LogP contribution in [0.5, 0.6) is 0 Å². The molecule has 8 heterocycles. The average Bonchev–Trinajstić information content (AvgIpc) is 0.879. The highest BCUT2D eigenvalue weighted by Crippen LogP contribution is 2.32. The van der Waals surface area contributed by atoms with Gasteiger partial charge in [0.15, 0.2) is 0 Å². The summed E-state index contributed by atoms with van der Waals surface area (Å²) in [6, 6.07) is 61.1. The molecule has 95 heavy (non-hydrogen) atoms. The molecule has 15 aromatic rings. The third-order valence-electron chi connectivity index (χ3n) is 13.4. The van der Waals surface area contributed by atoms with Gasteiger partial charge in [0.2, 0.25) is 0 Å². The third-order valence-corrected chi connectivity index (χ3v) is 15.8. The van der Waals surface area contributed by atoms with Crippen molar-refractivity contribution in [2.24, 2.45) is 0 Å². The molecule has 0 unspecified atom stereocenters. The second-order valence-electron chi connectivity index (χ2n) is 19.9. The van der Waals surface area contributed by atoms with Gasteiger partial charge in [-0.3, -0.25) is 19.9 Å². The van der Waals surface area contributed by atoms with Crippen molar-refractivity contribution in [3.63, 3.8) is 0 Å². The Morgan fingerprint density at radius 2 is 0.674 bits per heavy atom. The van der Waals surface area contributed by atoms with Gasteiger partial charge in [0, 0.05) is 116 Å². The lowest BCUT2D eigenvalue weighted by atomic mass is 9.81. The molecule has 0 aliphatic rings. The first-order chi connectivity index (χ1) is 46.3. The van der Waals surface area contributed by atoms with E-state index in [4.69, 9.17) is 62.2 Å². The van der Waals surface area contributed by atoms with Crippen molar-refractivity contribution in [2.45, 2.75) is 0 Å². The third kappa shape index (κ3) is 20.2. The number of hydrogen-bond donors (Lipinski definition) is 6. The van der Waals surface area contributed by atoms with Gasteiger partial charge in [0.1, 0.15) is 47.9 Å². The maximum atomic E-state index is 8.65. The number of nitrogen functional groups attached to an aromatic ring is 1. The normalized spacial score (nSPS) is 10.4. The summed E-state index contributed by atoms with van der Waals surface area (Å²) in [4.78, 5) is 49.8. The molecule has 0 atom stereocenters. The van der Waals surface area contributed by atoms with Gasteiger partial charge in [-0.05, 0) is 218 Å². The molecule has 15 rings (SSSR count). The Morgan fingerprint density at radius 3 is 1.04 bits per heavy atom. The van der Waals surface area contributed by atoms with Crippen LogP contribution in [0.15, 0.2) is 269 Å². The molecule has 0 radical (unpaired) electrons. The number of benzene rings is 7. The zero-order valence-electron chi connectivity index (χ0n) is 49.6. The summed E-state index contributed by atoms with van der Waals surface area (Å²) < 4.78 is 2.30. The monoisotopic (exact) mass is 1550 g/mol. The van der Waals surface area contributed by atoms with Crippen LogP contribution in [0.4, 0.5) is 40.2 Å². The Hall–Kier alpha value is -9.70. The predicted octanol–water partition coefficient (Wildman–Crippen LogP) is 17.1. The fourth-order valence-electron chi connectivity index (χ4n) is 8.88. The summed E-state index contributed by atoms with van der Waals surface area (Å²) in [5.41, 5.74) is 17.1. The van der Waals surface area contributed by atoms with Crippen LogP contribution < -0.4 is 27.1 Å². The fourth-order valence-corrected chi connectivity index (χ4v) is 10.6. The van der Waals surface area contributed by atoms with Crippen LogP contribution in [0, 0.1) is 7.14 Å². The maximum Gasteiger partial charge on any atom is 0.488 e. The first-order valence-corrected chi connectivity index (χ1v) is 32.2. The summed E-state index contributed by atoms with van der Waals surface area (Å²) in [5, 5.41) is 33.5. The molecule has 0 aliphatic heterocycles. The van der Waals surface area contributed by atoms with E-state index in [2.05, 4.69) is 139 Å². The summed E-state index contributed by atoms with van der Waals surface area (Å²) in [5.74, 6) is 2.33. The zero-order chi connectivity index (χ0) is 66.3. The highest BCUT2D eigenvalue weighted by atomic mass is 127. The lowest BCUT2D eigenvalue weighted by Crippen LogP contribution is -2.29. The van der Waals surface area contributed by atoms with Crippen molar-refractivity contribution in [1.29, 1.82) is 0 Å². The molecular weight excluding hydrogens is 1500 g/mol. The SMILES string of the molecule is Clc1cccc(-c2ccc3ncnc(Nc4ccncc4)c3c2)c1.Clc1cccc(-c2ccc3ncnc(Nc4ccncc4)c3c2)c1.Clc1ncnc2ccc(I)cc12.Ic1ccc2ncnc(Nc3ccncc3)c2c1.Nc1ccncc1.OB(O)c1cccc(Cl)c1. The lowest BCUT2D eigenvalue weighted by molar-refractivity contribution is 0.426. The van der Waals surface area contributed by atoms with E-state index in [1.54, 1.807) is 98.9 Å². The number of anilines is 7. The summed E-state index contributed by atoms with van der Waals surface area (Å²) in [6.45, 7) is 0. The van der Waals surface area contributed by atoms with E-state index in [0.717, 1.165) is 113 Å². The molecule has 0 saturated heterocycles. The van der Waals surface area contributed by atoms with Crippen LogP contribution in [0.25, 0.3) is 65.9 Å². The van der Waals surface area contributed by atoms with Crippen LogP contribution in [0.1, 0.15) is 0 Å². The largest absolute Gasteiger partial charge is 0.488 e. The van der Waals surface area contributed by atoms with Crippen LogP contribution in [0.2, 0.25) is 20.2 Å². The van der Waals surface area contributed by atoms with Gasteiger partial charge in [-0.25, -0.2) is 39.9 Å². The molecule has 0 spiro atoms. The number of pyridine rings is 4. The van der Waals surface area contributed by atoms with Crippen molar-refractivity contribution in [1.82, 2.24) is 59.8 Å². The molecule has 8 aromatic heterocycles. The molecule has 0 aliphatic carbocycles. The minimum Gasteiger partial charge on any atom is -0.423 e. The molecule has 0 fully saturated rings. The minimum atomic E-state index is -1.43. The van der Waals surface area contributed by atoms with Gasteiger partial charge in [0.25, 0.3) is 0 Å². The van der Waals surface area contributed by atoms with Crippen LogP contribution >= 0.6 is 91.6 Å². The van der Waals surface area contributed by atoms with E-state index in [1.807, 2.05) is 140 Å². The van der Waals surface area contributed by atoms with E-state index in [1.165, 1.54) is 12.4 Å². The molecule has 7 aromatic carbocycles. The van der Waals surface area contributed by atoms with E-state index in [0.29, 0.717) is 25.7 Å². The van der Waals surface area contributed by atoms with E-state index in [-0.39, 0.29) is 0 Å². The van der Waals surface area contributed by atoms with Gasteiger partial charge in [-0.1, -0.05) is 94.9 Å². The predicted molar refractivity (Wildman–Crippen MR) is 402 cm³/mol. The summed E-state index contributed by atoms with van der Waals surface area (Å²) in [6.07, 6.45) is 19.9. The lowest BCUT2D eigenvalue weighted by Gasteiger charge is -2.10. The van der Waals surface area contributed by atoms with Crippen LogP contribution in [-0.4, -0.2) is 77.0 Å². The number of rotatable bonds is 9. The Bertz CT molecular complexity index is 4830. The highest BCUT2D eigenvalue weighted by molar-refractivity contribution is 14.1. The standard InChI is InChI=1S/2C19H13ClN4.C13H9IN4.C8H4ClIN2.C6H6BClO2.C5H6N2/c2*20-15-3-1-2-13(10-15)14-4-5-18-17(11-14)19(23-12-22-18)24-16-6-8-21-9-7-16;14-9-1-2-12-11(7-9)13(17-8-16-12)18-10-3-5-15-6-4-10;9-8-6-3-5(10)1-2-7(6)11-4-12-8;8-6-3-1-2-5(4-6)7(9)10;6-5-1-3-7-4-2-5/h2*1-12H,(H,21,22,23,24);1-8H,(H,15,16,17,18);1-4H;1-4,9-10H;1-4H,(H2,6,7). The van der Waals surface area contributed by atoms with Gasteiger partial charge in [-0.2, -0.15) is 0 Å². The molecule has 25 heteroatoms. The number of nitrogens with two attached hydrogens (primary N) is 1. The smallest absolute Gasteiger partial charge is 0.423 e. The summed E-state index contributed by atoms with van der Waals surface area (Å²) >= 11 is 28.2. The first kappa shape index (κ1) is 68.2. The van der Waals surface area contributed by atoms with E-state index in [9.17, 15) is 0 Å². The van der Waals surface area contributed by atoms with Crippen molar-refractivity contribution < 1.29 is 10.0 Å². The second-order valence-corrected chi connectivity index (χ2v) is 24.1. The number of nitrogens with zero attached hydrogens (tertiary/aromatic N) is 12. The maximum absolute atomic E-state index is 8.65. The Labute approximate surface area is 593 Å². The Balaban J connectivity index is 0.000000130. The Kier molecular flexibility index (Phi) is 24.7. The van der Waals surface area contributed by atoms with Crippen LogP contribution in [0.3, 0.4) is 0 Å². The molecule has 468 valence electrons. The van der Waals surface area contributed by atoms with Crippen molar-refractivity contribution in [3.05, 3.63) is 296 Å². The van der Waals surface area contributed by atoms with E-state index >= 15 is 0 Å². The number of nitrogens with one attached hydrogen (secondary N) is 3.